The van der Waals surface area contributed by atoms with E-state index in [4.69, 9.17) is 0 Å². The zero-order chi connectivity index (χ0) is 14.4. The fourth-order valence-electron chi connectivity index (χ4n) is 2.60. The normalized spacial score (nSPS) is 14.5. The summed E-state index contributed by atoms with van der Waals surface area (Å²) in [6, 6.07) is 13.3. The number of rotatable bonds is 2. The van der Waals surface area contributed by atoms with Gasteiger partial charge in [-0.2, -0.15) is 0 Å². The first kappa shape index (κ1) is 12.3. The van der Waals surface area contributed by atoms with E-state index in [1.54, 1.807) is 22.8 Å². The zero-order valence-electron chi connectivity index (χ0n) is 11.3. The molecule has 0 atom stereocenters. The molecule has 104 valence electrons. The van der Waals surface area contributed by atoms with Crippen molar-refractivity contribution < 1.29 is 4.39 Å². The van der Waals surface area contributed by atoms with E-state index in [0.29, 0.717) is 17.0 Å². The summed E-state index contributed by atoms with van der Waals surface area (Å²) in [5, 5.41) is 0.589. The highest BCUT2D eigenvalue weighted by Gasteiger charge is 2.29. The van der Waals surface area contributed by atoms with E-state index >= 15 is 0 Å². The molecule has 3 nitrogen and oxygen atoms in total. The molecule has 3 aromatic rings. The first-order valence-electron chi connectivity index (χ1n) is 7.02. The Kier molecular flexibility index (Phi) is 2.64. The van der Waals surface area contributed by atoms with Gasteiger partial charge in [-0.3, -0.25) is 9.36 Å². The number of hydrogen-bond acceptors (Lipinski definition) is 2. The Balaban J connectivity index is 2.06. The van der Waals surface area contributed by atoms with Crippen molar-refractivity contribution in [2.24, 2.45) is 0 Å². The molecular formula is C17H13FN2O. The molecule has 0 bridgehead atoms. The lowest BCUT2D eigenvalue weighted by Gasteiger charge is -2.13. The molecule has 0 amide bonds. The molecule has 1 saturated carbocycles. The molecule has 0 N–H and O–H groups in total. The third-order valence-electron chi connectivity index (χ3n) is 3.83. The highest BCUT2D eigenvalue weighted by molar-refractivity contribution is 5.78. The Labute approximate surface area is 120 Å². The van der Waals surface area contributed by atoms with E-state index in [0.717, 1.165) is 24.2 Å². The molecule has 21 heavy (non-hydrogen) atoms. The number of benzene rings is 2. The Morgan fingerprint density at radius 3 is 2.48 bits per heavy atom. The SMILES string of the molecule is O=c1c2ccccc2nc(C2CC2)n1-c1ccc(F)cc1. The van der Waals surface area contributed by atoms with Crippen molar-refractivity contribution in [1.29, 1.82) is 0 Å². The molecule has 2 aromatic carbocycles. The quantitative estimate of drug-likeness (QED) is 0.721. The van der Waals surface area contributed by atoms with Crippen molar-refractivity contribution in [3.8, 4) is 5.69 Å². The maximum atomic E-state index is 13.1. The van der Waals surface area contributed by atoms with Gasteiger partial charge < -0.3 is 0 Å². The van der Waals surface area contributed by atoms with E-state index in [2.05, 4.69) is 4.98 Å². The molecule has 1 aliphatic carbocycles. The van der Waals surface area contributed by atoms with Crippen LogP contribution >= 0.6 is 0 Å². The Hall–Kier alpha value is -2.49. The lowest BCUT2D eigenvalue weighted by molar-refractivity contribution is 0.627. The first-order valence-corrected chi connectivity index (χ1v) is 7.02. The third kappa shape index (κ3) is 2.03. The van der Waals surface area contributed by atoms with Gasteiger partial charge in [0.1, 0.15) is 11.6 Å². The van der Waals surface area contributed by atoms with Gasteiger partial charge in [0.15, 0.2) is 0 Å². The van der Waals surface area contributed by atoms with Gasteiger partial charge in [0.2, 0.25) is 0 Å². The Morgan fingerprint density at radius 1 is 1.05 bits per heavy atom. The van der Waals surface area contributed by atoms with Gasteiger partial charge >= 0.3 is 0 Å². The molecular weight excluding hydrogens is 267 g/mol. The fourth-order valence-corrected chi connectivity index (χ4v) is 2.60. The number of fused-ring (bicyclic) bond motifs is 1. The molecule has 0 aliphatic heterocycles. The van der Waals surface area contributed by atoms with Gasteiger partial charge in [0, 0.05) is 5.92 Å². The van der Waals surface area contributed by atoms with Crippen molar-refractivity contribution in [2.45, 2.75) is 18.8 Å². The Morgan fingerprint density at radius 2 is 1.76 bits per heavy atom. The summed E-state index contributed by atoms with van der Waals surface area (Å²) in [5.41, 5.74) is 1.30. The summed E-state index contributed by atoms with van der Waals surface area (Å²) in [4.78, 5) is 17.5. The average Bonchev–Trinajstić information content (AvgIpc) is 3.33. The lowest BCUT2D eigenvalue weighted by atomic mass is 10.2. The minimum absolute atomic E-state index is 0.0888. The van der Waals surface area contributed by atoms with Crippen LogP contribution in [0.5, 0.6) is 0 Å². The summed E-state index contributed by atoms with van der Waals surface area (Å²) >= 11 is 0. The van der Waals surface area contributed by atoms with Crippen LogP contribution < -0.4 is 5.56 Å². The fraction of sp³-hybridized carbons (Fsp3) is 0.176. The monoisotopic (exact) mass is 280 g/mol. The molecule has 1 fully saturated rings. The van der Waals surface area contributed by atoms with Crippen molar-refractivity contribution in [2.75, 3.05) is 0 Å². The smallest absolute Gasteiger partial charge is 0.265 e. The molecule has 4 heteroatoms. The van der Waals surface area contributed by atoms with Gasteiger partial charge in [0.25, 0.3) is 5.56 Å². The van der Waals surface area contributed by atoms with Crippen molar-refractivity contribution in [1.82, 2.24) is 9.55 Å². The molecule has 0 spiro atoms. The zero-order valence-corrected chi connectivity index (χ0v) is 11.3. The minimum Gasteiger partial charge on any atom is -0.268 e. The van der Waals surface area contributed by atoms with Gasteiger partial charge in [-0.25, -0.2) is 9.37 Å². The minimum atomic E-state index is -0.312. The summed E-state index contributed by atoms with van der Waals surface area (Å²) < 4.78 is 14.7. The van der Waals surface area contributed by atoms with Gasteiger partial charge in [-0.1, -0.05) is 12.1 Å². The van der Waals surface area contributed by atoms with Crippen LogP contribution in [-0.4, -0.2) is 9.55 Å². The van der Waals surface area contributed by atoms with E-state index in [-0.39, 0.29) is 11.4 Å². The lowest BCUT2D eigenvalue weighted by Crippen LogP contribution is -2.23. The summed E-state index contributed by atoms with van der Waals surface area (Å²) in [5.74, 6) is 0.797. The standard InChI is InChI=1S/C17H13FN2O/c18-12-7-9-13(10-8-12)20-16(11-5-6-11)19-15-4-2-1-3-14(15)17(20)21/h1-4,7-11H,5-6H2. The van der Waals surface area contributed by atoms with Crippen LogP contribution in [0.25, 0.3) is 16.6 Å². The molecule has 0 radical (unpaired) electrons. The van der Waals surface area contributed by atoms with Gasteiger partial charge in [-0.15, -0.1) is 0 Å². The average molecular weight is 280 g/mol. The molecule has 0 unspecified atom stereocenters. The predicted octanol–water partition coefficient (Wildman–Crippen LogP) is 3.40. The molecule has 4 rings (SSSR count). The van der Waals surface area contributed by atoms with Gasteiger partial charge in [-0.05, 0) is 49.2 Å². The Bertz CT molecular complexity index is 879. The van der Waals surface area contributed by atoms with Crippen LogP contribution in [0.15, 0.2) is 53.3 Å². The van der Waals surface area contributed by atoms with Crippen molar-refractivity contribution >= 4 is 10.9 Å². The number of hydrogen-bond donors (Lipinski definition) is 0. The summed E-state index contributed by atoms with van der Waals surface area (Å²) in [6.07, 6.45) is 2.10. The van der Waals surface area contributed by atoms with Crippen LogP contribution in [0.1, 0.15) is 24.6 Å². The molecule has 1 aliphatic rings. The van der Waals surface area contributed by atoms with Crippen LogP contribution in [-0.2, 0) is 0 Å². The highest BCUT2D eigenvalue weighted by atomic mass is 19.1. The van der Waals surface area contributed by atoms with Crippen LogP contribution in [0.2, 0.25) is 0 Å². The summed E-state index contributed by atoms with van der Waals surface area (Å²) in [7, 11) is 0. The molecule has 1 aromatic heterocycles. The van der Waals surface area contributed by atoms with Crippen LogP contribution in [0.4, 0.5) is 4.39 Å². The summed E-state index contributed by atoms with van der Waals surface area (Å²) in [6.45, 7) is 0. The maximum absolute atomic E-state index is 13.1. The molecule has 1 heterocycles. The maximum Gasteiger partial charge on any atom is 0.265 e. The van der Waals surface area contributed by atoms with Gasteiger partial charge in [0.05, 0.1) is 16.6 Å². The number of para-hydroxylation sites is 1. The third-order valence-corrected chi connectivity index (χ3v) is 3.83. The van der Waals surface area contributed by atoms with E-state index < -0.39 is 0 Å². The molecule has 0 saturated heterocycles. The largest absolute Gasteiger partial charge is 0.268 e. The van der Waals surface area contributed by atoms with E-state index in [9.17, 15) is 9.18 Å². The second-order valence-electron chi connectivity index (χ2n) is 5.38. The van der Waals surface area contributed by atoms with Crippen LogP contribution in [0.3, 0.4) is 0 Å². The number of halogens is 1. The predicted molar refractivity (Wildman–Crippen MR) is 79.3 cm³/mol. The van der Waals surface area contributed by atoms with Crippen molar-refractivity contribution in [3.05, 3.63) is 70.5 Å². The second-order valence-corrected chi connectivity index (χ2v) is 5.38. The van der Waals surface area contributed by atoms with Crippen LogP contribution in [0, 0.1) is 5.82 Å². The topological polar surface area (TPSA) is 34.9 Å². The van der Waals surface area contributed by atoms with E-state index in [1.807, 2.05) is 18.2 Å². The van der Waals surface area contributed by atoms with E-state index in [1.165, 1.54) is 12.1 Å². The van der Waals surface area contributed by atoms with Crippen molar-refractivity contribution in [3.63, 3.8) is 0 Å². The number of aromatic nitrogens is 2. The highest BCUT2D eigenvalue weighted by Crippen LogP contribution is 2.39. The second kappa shape index (κ2) is 4.52. The first-order chi connectivity index (χ1) is 10.2. The number of nitrogens with zero attached hydrogens (tertiary/aromatic N) is 2.